The van der Waals surface area contributed by atoms with Gasteiger partial charge in [-0.05, 0) is 36.4 Å². The Morgan fingerprint density at radius 3 is 2.67 bits per heavy atom. The predicted molar refractivity (Wildman–Crippen MR) is 91.8 cm³/mol. The maximum atomic E-state index is 12.4. The van der Waals surface area contributed by atoms with Crippen molar-refractivity contribution in [1.82, 2.24) is 19.7 Å². The van der Waals surface area contributed by atoms with Gasteiger partial charge in [0.1, 0.15) is 23.7 Å². The lowest BCUT2D eigenvalue weighted by Gasteiger charge is -2.09. The van der Waals surface area contributed by atoms with Crippen molar-refractivity contribution in [3.63, 3.8) is 0 Å². The van der Waals surface area contributed by atoms with E-state index in [4.69, 9.17) is 16.3 Å². The molecule has 0 aliphatic heterocycles. The van der Waals surface area contributed by atoms with Crippen molar-refractivity contribution in [1.29, 1.82) is 0 Å². The van der Waals surface area contributed by atoms with E-state index < -0.39 is 0 Å². The van der Waals surface area contributed by atoms with Crippen LogP contribution in [0.4, 0.5) is 0 Å². The third-order valence-electron chi connectivity index (χ3n) is 3.47. The molecule has 0 radical (unpaired) electrons. The van der Waals surface area contributed by atoms with Crippen LogP contribution < -0.4 is 10.1 Å². The molecule has 0 unspecified atom stereocenters. The normalized spacial score (nSPS) is 10.6. The number of halogens is 1. The number of carbonyl (C=O) groups is 1. The maximum absolute atomic E-state index is 12.4. The van der Waals surface area contributed by atoms with E-state index in [2.05, 4.69) is 10.4 Å². The van der Waals surface area contributed by atoms with E-state index in [1.54, 1.807) is 42.2 Å². The minimum atomic E-state index is -0.188. The fourth-order valence-corrected chi connectivity index (χ4v) is 2.46. The van der Waals surface area contributed by atoms with Gasteiger partial charge in [0.2, 0.25) is 0 Å². The summed E-state index contributed by atoms with van der Waals surface area (Å²) in [6.07, 6.45) is 5.31. The van der Waals surface area contributed by atoms with Crippen molar-refractivity contribution in [2.45, 2.75) is 0 Å². The number of ether oxygens (including phenoxy) is 1. The average molecular weight is 345 g/mol. The fourth-order valence-electron chi connectivity index (χ4n) is 2.33. The van der Waals surface area contributed by atoms with Crippen LogP contribution in [-0.2, 0) is 7.05 Å². The van der Waals surface area contributed by atoms with Gasteiger partial charge in [0.15, 0.2) is 0 Å². The SMILES string of the molecule is Cn1ncc(C(=O)NCCOc2ccc(Cl)cc2)c1-n1cccc1. The first kappa shape index (κ1) is 16.1. The molecule has 7 heteroatoms. The molecule has 2 heterocycles. The van der Waals surface area contributed by atoms with Crippen molar-refractivity contribution in [2.24, 2.45) is 7.05 Å². The van der Waals surface area contributed by atoms with Gasteiger partial charge in [-0.15, -0.1) is 0 Å². The first-order valence-electron chi connectivity index (χ1n) is 7.47. The molecule has 0 bridgehead atoms. The second-order valence-corrected chi connectivity index (χ2v) is 5.59. The summed E-state index contributed by atoms with van der Waals surface area (Å²) in [6.45, 7) is 0.758. The Morgan fingerprint density at radius 2 is 1.96 bits per heavy atom. The standard InChI is InChI=1S/C17H17ClN4O2/c1-21-17(22-9-2-3-10-22)15(12-20-21)16(23)19-8-11-24-14-6-4-13(18)5-7-14/h2-7,9-10,12H,8,11H2,1H3,(H,19,23). The second kappa shape index (κ2) is 7.23. The van der Waals surface area contributed by atoms with Crippen molar-refractivity contribution in [3.8, 4) is 11.6 Å². The topological polar surface area (TPSA) is 61.1 Å². The number of amides is 1. The average Bonchev–Trinajstić information content (AvgIpc) is 3.22. The quantitative estimate of drug-likeness (QED) is 0.699. The summed E-state index contributed by atoms with van der Waals surface area (Å²) in [5.41, 5.74) is 0.514. The molecule has 6 nitrogen and oxygen atoms in total. The van der Waals surface area contributed by atoms with E-state index in [9.17, 15) is 4.79 Å². The smallest absolute Gasteiger partial charge is 0.256 e. The molecule has 0 fully saturated rings. The lowest BCUT2D eigenvalue weighted by molar-refractivity contribution is 0.0947. The minimum Gasteiger partial charge on any atom is -0.492 e. The Morgan fingerprint density at radius 1 is 1.25 bits per heavy atom. The highest BCUT2D eigenvalue weighted by Gasteiger charge is 2.16. The zero-order valence-electron chi connectivity index (χ0n) is 13.1. The van der Waals surface area contributed by atoms with Gasteiger partial charge in [-0.25, -0.2) is 0 Å². The number of hydrogen-bond acceptors (Lipinski definition) is 3. The second-order valence-electron chi connectivity index (χ2n) is 5.15. The summed E-state index contributed by atoms with van der Waals surface area (Å²) in [5, 5.41) is 7.67. The molecule has 1 amide bonds. The highest BCUT2D eigenvalue weighted by molar-refractivity contribution is 6.30. The summed E-state index contributed by atoms with van der Waals surface area (Å²) >= 11 is 5.82. The zero-order valence-corrected chi connectivity index (χ0v) is 13.9. The molecule has 1 aromatic carbocycles. The van der Waals surface area contributed by atoms with E-state index in [-0.39, 0.29) is 5.91 Å². The van der Waals surface area contributed by atoms with Gasteiger partial charge in [-0.2, -0.15) is 5.10 Å². The molecular formula is C17H17ClN4O2. The monoisotopic (exact) mass is 344 g/mol. The van der Waals surface area contributed by atoms with Gasteiger partial charge in [-0.3, -0.25) is 9.48 Å². The summed E-state index contributed by atoms with van der Waals surface area (Å²) in [7, 11) is 1.80. The molecule has 124 valence electrons. The van der Waals surface area contributed by atoms with Gasteiger partial charge < -0.3 is 14.6 Å². The molecule has 0 aliphatic carbocycles. The molecule has 0 spiro atoms. The first-order chi connectivity index (χ1) is 11.6. The first-order valence-corrected chi connectivity index (χ1v) is 7.85. The van der Waals surface area contributed by atoms with E-state index in [0.717, 1.165) is 5.82 Å². The van der Waals surface area contributed by atoms with Crippen molar-refractivity contribution >= 4 is 17.5 Å². The molecule has 3 aromatic rings. The van der Waals surface area contributed by atoms with Crippen LogP contribution in [0.3, 0.4) is 0 Å². The van der Waals surface area contributed by atoms with E-state index >= 15 is 0 Å². The third kappa shape index (κ3) is 3.60. The van der Waals surface area contributed by atoms with Gasteiger partial charge in [-0.1, -0.05) is 11.6 Å². The summed E-state index contributed by atoms with van der Waals surface area (Å²) < 4.78 is 9.07. The van der Waals surface area contributed by atoms with Crippen LogP contribution in [0.2, 0.25) is 5.02 Å². The van der Waals surface area contributed by atoms with Gasteiger partial charge in [0.25, 0.3) is 5.91 Å². The lowest BCUT2D eigenvalue weighted by atomic mass is 10.3. The van der Waals surface area contributed by atoms with E-state index in [0.29, 0.717) is 29.5 Å². The Labute approximate surface area is 144 Å². The highest BCUT2D eigenvalue weighted by atomic mass is 35.5. The molecule has 2 aromatic heterocycles. The molecule has 0 saturated heterocycles. The van der Waals surface area contributed by atoms with Crippen molar-refractivity contribution in [2.75, 3.05) is 13.2 Å². The fraction of sp³-hybridized carbons (Fsp3) is 0.176. The lowest BCUT2D eigenvalue weighted by Crippen LogP contribution is -2.28. The number of benzene rings is 1. The van der Waals surface area contributed by atoms with Crippen LogP contribution in [0, 0.1) is 0 Å². The molecule has 3 rings (SSSR count). The Hall–Kier alpha value is -2.73. The van der Waals surface area contributed by atoms with Crippen LogP contribution in [-0.4, -0.2) is 33.4 Å². The van der Waals surface area contributed by atoms with Gasteiger partial charge >= 0.3 is 0 Å². The maximum Gasteiger partial charge on any atom is 0.256 e. The Balaban J connectivity index is 1.57. The number of carbonyl (C=O) groups excluding carboxylic acids is 1. The molecule has 24 heavy (non-hydrogen) atoms. The summed E-state index contributed by atoms with van der Waals surface area (Å²) in [4.78, 5) is 12.4. The van der Waals surface area contributed by atoms with Crippen molar-refractivity contribution < 1.29 is 9.53 Å². The van der Waals surface area contributed by atoms with Crippen molar-refractivity contribution in [3.05, 3.63) is 65.6 Å². The third-order valence-corrected chi connectivity index (χ3v) is 3.72. The molecule has 1 N–H and O–H groups in total. The van der Waals surface area contributed by atoms with Crippen LogP contribution in [0.15, 0.2) is 55.0 Å². The number of nitrogens with one attached hydrogen (secondary N) is 1. The van der Waals surface area contributed by atoms with E-state index in [1.165, 1.54) is 0 Å². The number of aryl methyl sites for hydroxylation is 1. The Bertz CT molecular complexity index is 810. The largest absolute Gasteiger partial charge is 0.492 e. The number of rotatable bonds is 6. The van der Waals surface area contributed by atoms with Crippen LogP contribution in [0.1, 0.15) is 10.4 Å². The van der Waals surface area contributed by atoms with Crippen LogP contribution in [0.25, 0.3) is 5.82 Å². The van der Waals surface area contributed by atoms with Crippen LogP contribution >= 0.6 is 11.6 Å². The number of hydrogen-bond donors (Lipinski definition) is 1. The number of nitrogens with zero attached hydrogens (tertiary/aromatic N) is 3. The van der Waals surface area contributed by atoms with Gasteiger partial charge in [0, 0.05) is 24.5 Å². The molecule has 0 aliphatic rings. The minimum absolute atomic E-state index is 0.188. The molecule has 0 saturated carbocycles. The van der Waals surface area contributed by atoms with Crippen LogP contribution in [0.5, 0.6) is 5.75 Å². The van der Waals surface area contributed by atoms with Gasteiger partial charge in [0.05, 0.1) is 12.7 Å². The van der Waals surface area contributed by atoms with E-state index in [1.807, 2.05) is 29.1 Å². The molecular weight excluding hydrogens is 328 g/mol. The highest BCUT2D eigenvalue weighted by Crippen LogP contribution is 2.15. The predicted octanol–water partition coefficient (Wildman–Crippen LogP) is 2.67. The Kier molecular flexibility index (Phi) is 4.86. The zero-order chi connectivity index (χ0) is 16.9. The summed E-state index contributed by atoms with van der Waals surface area (Å²) in [6, 6.07) is 10.9. The number of aromatic nitrogens is 3. The molecule has 0 atom stereocenters. The summed E-state index contributed by atoms with van der Waals surface area (Å²) in [5.74, 6) is 1.24.